The van der Waals surface area contributed by atoms with E-state index in [0.29, 0.717) is 5.78 Å². The molecule has 0 aromatic heterocycles. The van der Waals surface area contributed by atoms with Crippen LogP contribution in [0.15, 0.2) is 35.9 Å². The molecule has 1 heteroatoms. The minimum absolute atomic E-state index is 0.296. The highest BCUT2D eigenvalue weighted by Gasteiger charge is 2.10. The first kappa shape index (κ1) is 10.2. The zero-order valence-electron chi connectivity index (χ0n) is 9.12. The van der Waals surface area contributed by atoms with Crippen molar-refractivity contribution in [2.45, 2.75) is 32.6 Å². The van der Waals surface area contributed by atoms with E-state index in [1.807, 2.05) is 6.08 Å². The third kappa shape index (κ3) is 2.56. The van der Waals surface area contributed by atoms with E-state index in [1.165, 1.54) is 16.7 Å². The summed E-state index contributed by atoms with van der Waals surface area (Å²) in [5, 5.41) is 0. The number of allylic oxidation sites excluding steroid dienone is 2. The van der Waals surface area contributed by atoms with E-state index in [2.05, 4.69) is 31.2 Å². The van der Waals surface area contributed by atoms with Gasteiger partial charge in [0.1, 0.15) is 0 Å². The fraction of sp³-hybridized carbons (Fsp3) is 0.357. The number of carbonyl (C=O) groups is 1. The third-order valence-corrected chi connectivity index (χ3v) is 2.96. The second-order valence-corrected chi connectivity index (χ2v) is 4.23. The molecule has 0 N–H and O–H groups in total. The zero-order valence-corrected chi connectivity index (χ0v) is 9.12. The Kier molecular flexibility index (Phi) is 3.00. The molecule has 0 bridgehead atoms. The van der Waals surface area contributed by atoms with Crippen molar-refractivity contribution >= 4 is 5.78 Å². The number of rotatable bonds is 2. The van der Waals surface area contributed by atoms with Crippen molar-refractivity contribution in [1.29, 1.82) is 0 Å². The summed E-state index contributed by atoms with van der Waals surface area (Å²) >= 11 is 0. The summed E-state index contributed by atoms with van der Waals surface area (Å²) in [7, 11) is 0. The molecule has 0 amide bonds. The SMILES string of the molecule is Cc1ccccc1CC1=CC(=O)CCC1. The third-order valence-electron chi connectivity index (χ3n) is 2.96. The van der Waals surface area contributed by atoms with Gasteiger partial charge in [-0.1, -0.05) is 29.8 Å². The first-order chi connectivity index (χ1) is 7.25. The molecule has 1 aromatic rings. The van der Waals surface area contributed by atoms with Crippen molar-refractivity contribution < 1.29 is 4.79 Å². The minimum atomic E-state index is 0.296. The molecule has 0 saturated carbocycles. The maximum atomic E-state index is 11.3. The van der Waals surface area contributed by atoms with Crippen LogP contribution in [0.5, 0.6) is 0 Å². The molecule has 0 atom stereocenters. The van der Waals surface area contributed by atoms with Crippen LogP contribution in [0.4, 0.5) is 0 Å². The molecule has 0 spiro atoms. The lowest BCUT2D eigenvalue weighted by Crippen LogP contribution is -2.05. The van der Waals surface area contributed by atoms with Gasteiger partial charge in [-0.2, -0.15) is 0 Å². The Morgan fingerprint density at radius 3 is 2.73 bits per heavy atom. The van der Waals surface area contributed by atoms with Crippen LogP contribution in [0.3, 0.4) is 0 Å². The van der Waals surface area contributed by atoms with Crippen molar-refractivity contribution in [3.8, 4) is 0 Å². The van der Waals surface area contributed by atoms with Crippen LogP contribution in [-0.4, -0.2) is 5.78 Å². The van der Waals surface area contributed by atoms with Crippen LogP contribution in [0.25, 0.3) is 0 Å². The molecule has 2 rings (SSSR count). The summed E-state index contributed by atoms with van der Waals surface area (Å²) < 4.78 is 0. The number of hydrogen-bond donors (Lipinski definition) is 0. The summed E-state index contributed by atoms with van der Waals surface area (Å²) in [6, 6.07) is 8.39. The molecule has 78 valence electrons. The van der Waals surface area contributed by atoms with Crippen molar-refractivity contribution in [1.82, 2.24) is 0 Å². The lowest BCUT2D eigenvalue weighted by molar-refractivity contribution is -0.115. The fourth-order valence-corrected chi connectivity index (χ4v) is 2.05. The Balaban J connectivity index is 2.15. The highest BCUT2D eigenvalue weighted by Crippen LogP contribution is 2.20. The van der Waals surface area contributed by atoms with Crippen LogP contribution in [0, 0.1) is 6.92 Å². The topological polar surface area (TPSA) is 17.1 Å². The monoisotopic (exact) mass is 200 g/mol. The molecular weight excluding hydrogens is 184 g/mol. The Morgan fingerprint density at radius 1 is 1.20 bits per heavy atom. The maximum Gasteiger partial charge on any atom is 0.155 e. The van der Waals surface area contributed by atoms with Crippen LogP contribution >= 0.6 is 0 Å². The largest absolute Gasteiger partial charge is 0.295 e. The number of ketones is 1. The lowest BCUT2D eigenvalue weighted by Gasteiger charge is -2.13. The second kappa shape index (κ2) is 4.43. The van der Waals surface area contributed by atoms with E-state index in [1.54, 1.807) is 0 Å². The van der Waals surface area contributed by atoms with Gasteiger partial charge in [-0.3, -0.25) is 4.79 Å². The predicted octanol–water partition coefficient (Wildman–Crippen LogP) is 3.22. The fourth-order valence-electron chi connectivity index (χ4n) is 2.05. The van der Waals surface area contributed by atoms with Gasteiger partial charge in [0, 0.05) is 6.42 Å². The number of hydrogen-bond acceptors (Lipinski definition) is 1. The average molecular weight is 200 g/mol. The molecule has 1 aliphatic rings. The molecule has 15 heavy (non-hydrogen) atoms. The van der Waals surface area contributed by atoms with Crippen LogP contribution in [0.2, 0.25) is 0 Å². The van der Waals surface area contributed by atoms with Crippen LogP contribution in [0.1, 0.15) is 30.4 Å². The molecule has 0 unspecified atom stereocenters. The Bertz CT molecular complexity index is 402. The predicted molar refractivity (Wildman–Crippen MR) is 61.8 cm³/mol. The van der Waals surface area contributed by atoms with Crippen LogP contribution < -0.4 is 0 Å². The van der Waals surface area contributed by atoms with E-state index >= 15 is 0 Å². The molecule has 0 fully saturated rings. The smallest absolute Gasteiger partial charge is 0.155 e. The Hall–Kier alpha value is -1.37. The van der Waals surface area contributed by atoms with Crippen molar-refractivity contribution in [3.05, 3.63) is 47.0 Å². The molecule has 1 aromatic carbocycles. The highest BCUT2D eigenvalue weighted by atomic mass is 16.1. The summed E-state index contributed by atoms with van der Waals surface area (Å²) in [6.07, 6.45) is 5.63. The number of aryl methyl sites for hydroxylation is 1. The van der Waals surface area contributed by atoms with Gasteiger partial charge < -0.3 is 0 Å². The van der Waals surface area contributed by atoms with Crippen molar-refractivity contribution in [3.63, 3.8) is 0 Å². The van der Waals surface area contributed by atoms with E-state index in [4.69, 9.17) is 0 Å². The number of carbonyl (C=O) groups excluding carboxylic acids is 1. The summed E-state index contributed by atoms with van der Waals surface area (Å²) in [5.41, 5.74) is 3.95. The Labute approximate surface area is 90.8 Å². The molecular formula is C14H16O. The van der Waals surface area contributed by atoms with Gasteiger partial charge in [0.15, 0.2) is 5.78 Å². The van der Waals surface area contributed by atoms with E-state index in [9.17, 15) is 4.79 Å². The van der Waals surface area contributed by atoms with E-state index in [-0.39, 0.29) is 0 Å². The van der Waals surface area contributed by atoms with Crippen molar-refractivity contribution in [2.75, 3.05) is 0 Å². The number of benzene rings is 1. The summed E-state index contributed by atoms with van der Waals surface area (Å²) in [5.74, 6) is 0.296. The molecule has 0 aliphatic heterocycles. The van der Waals surface area contributed by atoms with Gasteiger partial charge in [-0.05, 0) is 43.4 Å². The van der Waals surface area contributed by atoms with Gasteiger partial charge in [-0.15, -0.1) is 0 Å². The van der Waals surface area contributed by atoms with Crippen molar-refractivity contribution in [2.24, 2.45) is 0 Å². The highest BCUT2D eigenvalue weighted by molar-refractivity contribution is 5.91. The molecule has 1 nitrogen and oxygen atoms in total. The quantitative estimate of drug-likeness (QED) is 0.716. The van der Waals surface area contributed by atoms with Gasteiger partial charge >= 0.3 is 0 Å². The first-order valence-corrected chi connectivity index (χ1v) is 5.52. The van der Waals surface area contributed by atoms with E-state index in [0.717, 1.165) is 25.7 Å². The van der Waals surface area contributed by atoms with Gasteiger partial charge in [0.2, 0.25) is 0 Å². The normalized spacial score (nSPS) is 16.3. The second-order valence-electron chi connectivity index (χ2n) is 4.23. The standard InChI is InChI=1S/C14H16O/c1-11-5-2-3-7-13(11)9-12-6-4-8-14(15)10-12/h2-3,5,7,10H,4,6,8-9H2,1H3. The minimum Gasteiger partial charge on any atom is -0.295 e. The molecule has 0 radical (unpaired) electrons. The summed E-state index contributed by atoms with van der Waals surface area (Å²) in [6.45, 7) is 2.13. The van der Waals surface area contributed by atoms with Gasteiger partial charge in [0.05, 0.1) is 0 Å². The molecule has 0 saturated heterocycles. The summed E-state index contributed by atoms with van der Waals surface area (Å²) in [4.78, 5) is 11.3. The van der Waals surface area contributed by atoms with Gasteiger partial charge in [0.25, 0.3) is 0 Å². The van der Waals surface area contributed by atoms with Gasteiger partial charge in [-0.25, -0.2) is 0 Å². The Morgan fingerprint density at radius 2 is 2.00 bits per heavy atom. The lowest BCUT2D eigenvalue weighted by atomic mass is 9.92. The van der Waals surface area contributed by atoms with Crippen LogP contribution in [-0.2, 0) is 11.2 Å². The maximum absolute atomic E-state index is 11.3. The molecule has 1 aliphatic carbocycles. The van der Waals surface area contributed by atoms with E-state index < -0.39 is 0 Å². The first-order valence-electron chi connectivity index (χ1n) is 5.52. The molecule has 0 heterocycles. The zero-order chi connectivity index (χ0) is 10.7. The average Bonchev–Trinajstić information content (AvgIpc) is 2.22.